The first-order valence-electron chi connectivity index (χ1n) is 8.68. The van der Waals surface area contributed by atoms with Crippen LogP contribution < -0.4 is 5.32 Å². The fourth-order valence-electron chi connectivity index (χ4n) is 2.95. The zero-order chi connectivity index (χ0) is 18.8. The molecule has 0 aliphatic carbocycles. The van der Waals surface area contributed by atoms with Crippen molar-refractivity contribution < 1.29 is 4.79 Å². The minimum atomic E-state index is -0.0924. The SMILES string of the molecule is Cc1cn2ccnc2cc1Sc1cccc(NC(=O)c2ccccc2C)c1. The molecule has 0 fully saturated rings. The van der Waals surface area contributed by atoms with Crippen molar-refractivity contribution in [3.8, 4) is 0 Å². The lowest BCUT2D eigenvalue weighted by molar-refractivity contribution is 0.102. The summed E-state index contributed by atoms with van der Waals surface area (Å²) in [5.41, 5.74) is 4.54. The van der Waals surface area contributed by atoms with E-state index in [0.717, 1.165) is 26.7 Å². The van der Waals surface area contributed by atoms with Crippen LogP contribution in [0.3, 0.4) is 0 Å². The molecule has 4 nitrogen and oxygen atoms in total. The van der Waals surface area contributed by atoms with E-state index in [0.29, 0.717) is 5.56 Å². The van der Waals surface area contributed by atoms with Crippen molar-refractivity contribution >= 4 is 29.0 Å². The van der Waals surface area contributed by atoms with E-state index in [9.17, 15) is 4.79 Å². The van der Waals surface area contributed by atoms with Gasteiger partial charge in [-0.15, -0.1) is 0 Å². The van der Waals surface area contributed by atoms with Gasteiger partial charge in [-0.2, -0.15) is 0 Å². The molecule has 0 bridgehead atoms. The Balaban J connectivity index is 1.56. The summed E-state index contributed by atoms with van der Waals surface area (Å²) >= 11 is 1.67. The Bertz CT molecular complexity index is 1130. The zero-order valence-corrected chi connectivity index (χ0v) is 16.0. The monoisotopic (exact) mass is 373 g/mol. The van der Waals surface area contributed by atoms with E-state index < -0.39 is 0 Å². The molecule has 0 aliphatic rings. The third-order valence-electron chi connectivity index (χ3n) is 4.39. The number of aryl methyl sites for hydroxylation is 2. The van der Waals surface area contributed by atoms with Crippen LogP contribution in [-0.2, 0) is 0 Å². The number of carbonyl (C=O) groups is 1. The Morgan fingerprint density at radius 3 is 2.74 bits per heavy atom. The van der Waals surface area contributed by atoms with Gasteiger partial charge in [0.25, 0.3) is 5.91 Å². The topological polar surface area (TPSA) is 46.4 Å². The molecule has 4 rings (SSSR count). The second-order valence-electron chi connectivity index (χ2n) is 6.41. The van der Waals surface area contributed by atoms with Crippen LogP contribution in [0.1, 0.15) is 21.5 Å². The van der Waals surface area contributed by atoms with E-state index in [1.807, 2.05) is 66.1 Å². The number of hydrogen-bond acceptors (Lipinski definition) is 3. The number of rotatable bonds is 4. The van der Waals surface area contributed by atoms with Gasteiger partial charge in [0, 0.05) is 39.6 Å². The van der Waals surface area contributed by atoms with E-state index in [4.69, 9.17) is 0 Å². The smallest absolute Gasteiger partial charge is 0.255 e. The van der Waals surface area contributed by atoms with Crippen molar-refractivity contribution in [2.45, 2.75) is 23.6 Å². The van der Waals surface area contributed by atoms with Gasteiger partial charge < -0.3 is 9.72 Å². The van der Waals surface area contributed by atoms with Crippen LogP contribution in [0.2, 0.25) is 0 Å². The first-order valence-corrected chi connectivity index (χ1v) is 9.50. The predicted molar refractivity (Wildman–Crippen MR) is 110 cm³/mol. The molecule has 27 heavy (non-hydrogen) atoms. The van der Waals surface area contributed by atoms with Crippen molar-refractivity contribution in [2.75, 3.05) is 5.32 Å². The summed E-state index contributed by atoms with van der Waals surface area (Å²) in [6, 6.07) is 17.6. The minimum Gasteiger partial charge on any atom is -0.322 e. The number of benzene rings is 2. The number of nitrogens with one attached hydrogen (secondary N) is 1. The van der Waals surface area contributed by atoms with Crippen LogP contribution in [0, 0.1) is 13.8 Å². The molecule has 2 aromatic heterocycles. The Kier molecular flexibility index (Phi) is 4.69. The summed E-state index contributed by atoms with van der Waals surface area (Å²) in [6.45, 7) is 4.03. The van der Waals surface area contributed by atoms with Crippen molar-refractivity contribution in [3.05, 3.63) is 89.9 Å². The lowest BCUT2D eigenvalue weighted by Gasteiger charge is -2.10. The number of nitrogens with zero attached hydrogens (tertiary/aromatic N) is 2. The molecule has 5 heteroatoms. The van der Waals surface area contributed by atoms with Gasteiger partial charge >= 0.3 is 0 Å². The second kappa shape index (κ2) is 7.29. The van der Waals surface area contributed by atoms with Crippen LogP contribution in [0.5, 0.6) is 0 Å². The fourth-order valence-corrected chi connectivity index (χ4v) is 3.91. The maximum Gasteiger partial charge on any atom is 0.255 e. The number of carbonyl (C=O) groups excluding carboxylic acids is 1. The summed E-state index contributed by atoms with van der Waals surface area (Å²) in [5.74, 6) is -0.0924. The molecule has 0 atom stereocenters. The number of amides is 1. The van der Waals surface area contributed by atoms with Gasteiger partial charge in [-0.05, 0) is 55.3 Å². The van der Waals surface area contributed by atoms with Crippen molar-refractivity contribution in [1.82, 2.24) is 9.38 Å². The van der Waals surface area contributed by atoms with E-state index in [2.05, 4.69) is 29.5 Å². The van der Waals surface area contributed by atoms with E-state index in [1.54, 1.807) is 18.0 Å². The van der Waals surface area contributed by atoms with Gasteiger partial charge in [0.1, 0.15) is 5.65 Å². The maximum atomic E-state index is 12.5. The molecule has 4 aromatic rings. The highest BCUT2D eigenvalue weighted by Crippen LogP contribution is 2.32. The molecule has 134 valence electrons. The molecule has 0 aliphatic heterocycles. The molecule has 0 saturated heterocycles. The number of anilines is 1. The highest BCUT2D eigenvalue weighted by molar-refractivity contribution is 7.99. The van der Waals surface area contributed by atoms with E-state index in [1.165, 1.54) is 5.56 Å². The minimum absolute atomic E-state index is 0.0924. The molecular weight excluding hydrogens is 354 g/mol. The van der Waals surface area contributed by atoms with E-state index in [-0.39, 0.29) is 5.91 Å². The van der Waals surface area contributed by atoms with Gasteiger partial charge in [-0.3, -0.25) is 4.79 Å². The molecule has 1 N–H and O–H groups in total. The van der Waals surface area contributed by atoms with Gasteiger partial charge in [0.2, 0.25) is 0 Å². The van der Waals surface area contributed by atoms with Gasteiger partial charge in [0.05, 0.1) is 0 Å². The normalized spacial score (nSPS) is 10.9. The third kappa shape index (κ3) is 3.73. The molecule has 1 amide bonds. The summed E-state index contributed by atoms with van der Waals surface area (Å²) in [7, 11) is 0. The van der Waals surface area contributed by atoms with Crippen molar-refractivity contribution in [3.63, 3.8) is 0 Å². The molecule has 0 saturated carbocycles. The van der Waals surface area contributed by atoms with E-state index >= 15 is 0 Å². The molecule has 2 heterocycles. The summed E-state index contributed by atoms with van der Waals surface area (Å²) in [5, 5.41) is 3.00. The lowest BCUT2D eigenvalue weighted by atomic mass is 10.1. The Morgan fingerprint density at radius 2 is 1.89 bits per heavy atom. The van der Waals surface area contributed by atoms with Crippen LogP contribution in [0.25, 0.3) is 5.65 Å². The van der Waals surface area contributed by atoms with Crippen LogP contribution >= 0.6 is 11.8 Å². The van der Waals surface area contributed by atoms with Crippen LogP contribution in [0.15, 0.2) is 83.0 Å². The molecular formula is C22H19N3OS. The van der Waals surface area contributed by atoms with Crippen molar-refractivity contribution in [2.24, 2.45) is 0 Å². The first kappa shape index (κ1) is 17.4. The summed E-state index contributed by atoms with van der Waals surface area (Å²) < 4.78 is 2.01. The maximum absolute atomic E-state index is 12.5. The Morgan fingerprint density at radius 1 is 1.04 bits per heavy atom. The Hall–Kier alpha value is -3.05. The molecule has 0 spiro atoms. The average molecular weight is 373 g/mol. The highest BCUT2D eigenvalue weighted by Gasteiger charge is 2.10. The summed E-state index contributed by atoms with van der Waals surface area (Å²) in [4.78, 5) is 19.1. The fraction of sp³-hybridized carbons (Fsp3) is 0.0909. The highest BCUT2D eigenvalue weighted by atomic mass is 32.2. The molecule has 0 unspecified atom stereocenters. The standard InChI is InChI=1S/C22H19N3OS/c1-15-6-3-4-9-19(15)22(26)24-17-7-5-8-18(12-17)27-20-13-21-23-10-11-25(21)14-16(20)2/h3-14H,1-2H3,(H,24,26). The third-order valence-corrected chi connectivity index (χ3v) is 5.54. The van der Waals surface area contributed by atoms with Gasteiger partial charge in [0.15, 0.2) is 0 Å². The predicted octanol–water partition coefficient (Wildman–Crippen LogP) is 5.35. The van der Waals surface area contributed by atoms with Gasteiger partial charge in [-0.1, -0.05) is 36.0 Å². The molecule has 2 aromatic carbocycles. The zero-order valence-electron chi connectivity index (χ0n) is 15.1. The largest absolute Gasteiger partial charge is 0.322 e. The second-order valence-corrected chi connectivity index (χ2v) is 7.53. The Labute approximate surface area is 162 Å². The lowest BCUT2D eigenvalue weighted by Crippen LogP contribution is -2.13. The number of fused-ring (bicyclic) bond motifs is 1. The van der Waals surface area contributed by atoms with Gasteiger partial charge in [-0.25, -0.2) is 4.98 Å². The quantitative estimate of drug-likeness (QED) is 0.524. The number of hydrogen-bond donors (Lipinski definition) is 1. The number of pyridine rings is 1. The number of imidazole rings is 1. The molecule has 0 radical (unpaired) electrons. The average Bonchev–Trinajstić information content (AvgIpc) is 3.09. The number of aromatic nitrogens is 2. The van der Waals surface area contributed by atoms with Crippen LogP contribution in [-0.4, -0.2) is 15.3 Å². The first-order chi connectivity index (χ1) is 13.1. The van der Waals surface area contributed by atoms with Crippen molar-refractivity contribution in [1.29, 1.82) is 0 Å². The van der Waals surface area contributed by atoms with Crippen LogP contribution in [0.4, 0.5) is 5.69 Å². The summed E-state index contributed by atoms with van der Waals surface area (Å²) in [6.07, 6.45) is 5.82.